The molecule has 2 aromatic rings. The molecule has 0 aromatic heterocycles. The largest absolute Gasteiger partial charge is 0.378 e. The number of carbonyl (C=O) groups excluding carboxylic acids is 1. The fraction of sp³-hybridized carbons (Fsp3) is 0.235. The number of carbonyl (C=O) groups is 1. The summed E-state index contributed by atoms with van der Waals surface area (Å²) >= 11 is 0. The van der Waals surface area contributed by atoms with E-state index in [1.807, 2.05) is 80.5 Å². The van der Waals surface area contributed by atoms with E-state index in [2.05, 4.69) is 5.32 Å². The Bertz CT molecular complexity index is 579. The van der Waals surface area contributed by atoms with Crippen molar-refractivity contribution in [3.8, 4) is 0 Å². The number of hydrogen-bond donors (Lipinski definition) is 1. The monoisotopic (exact) mass is 268 g/mol. The van der Waals surface area contributed by atoms with E-state index in [4.69, 9.17) is 0 Å². The summed E-state index contributed by atoms with van der Waals surface area (Å²) in [5, 5.41) is 3.02. The molecule has 1 unspecified atom stereocenters. The number of hydrogen-bond acceptors (Lipinski definition) is 2. The topological polar surface area (TPSA) is 32.3 Å². The van der Waals surface area contributed by atoms with Crippen LogP contribution in [0.3, 0.4) is 0 Å². The Labute approximate surface area is 120 Å². The Hall–Kier alpha value is -2.29. The van der Waals surface area contributed by atoms with Gasteiger partial charge in [0.1, 0.15) is 0 Å². The molecule has 0 aliphatic heterocycles. The van der Waals surface area contributed by atoms with Crippen molar-refractivity contribution in [2.45, 2.75) is 13.0 Å². The number of amides is 1. The van der Waals surface area contributed by atoms with Crippen LogP contribution in [-0.4, -0.2) is 20.0 Å². The van der Waals surface area contributed by atoms with Crippen molar-refractivity contribution in [3.05, 3.63) is 65.7 Å². The van der Waals surface area contributed by atoms with Gasteiger partial charge in [0, 0.05) is 25.3 Å². The molecular formula is C17H20N2O. The van der Waals surface area contributed by atoms with E-state index in [-0.39, 0.29) is 11.9 Å². The molecule has 1 atom stereocenters. The van der Waals surface area contributed by atoms with Gasteiger partial charge in [0.25, 0.3) is 5.91 Å². The highest BCUT2D eigenvalue weighted by Gasteiger charge is 2.11. The highest BCUT2D eigenvalue weighted by atomic mass is 16.1. The summed E-state index contributed by atoms with van der Waals surface area (Å²) in [5.41, 5.74) is 2.80. The minimum atomic E-state index is -0.0509. The minimum absolute atomic E-state index is 0.00767. The van der Waals surface area contributed by atoms with Crippen LogP contribution in [-0.2, 0) is 0 Å². The lowest BCUT2D eigenvalue weighted by atomic mass is 10.1. The van der Waals surface area contributed by atoms with Crippen LogP contribution in [0.1, 0.15) is 28.9 Å². The summed E-state index contributed by atoms with van der Waals surface area (Å²) < 4.78 is 0. The van der Waals surface area contributed by atoms with Crippen LogP contribution in [0.2, 0.25) is 0 Å². The summed E-state index contributed by atoms with van der Waals surface area (Å²) in [4.78, 5) is 14.3. The number of benzene rings is 2. The predicted octanol–water partition coefficient (Wildman–Crippen LogP) is 3.24. The van der Waals surface area contributed by atoms with Crippen molar-refractivity contribution in [2.75, 3.05) is 19.0 Å². The van der Waals surface area contributed by atoms with Gasteiger partial charge < -0.3 is 10.2 Å². The van der Waals surface area contributed by atoms with E-state index in [1.54, 1.807) is 0 Å². The van der Waals surface area contributed by atoms with Gasteiger partial charge in [-0.25, -0.2) is 0 Å². The molecule has 0 fully saturated rings. The maximum atomic E-state index is 12.3. The van der Waals surface area contributed by atoms with Crippen LogP contribution in [0.25, 0.3) is 0 Å². The molecule has 0 saturated heterocycles. The van der Waals surface area contributed by atoms with Crippen molar-refractivity contribution >= 4 is 11.6 Å². The third-order valence-electron chi connectivity index (χ3n) is 3.27. The maximum Gasteiger partial charge on any atom is 0.251 e. The van der Waals surface area contributed by atoms with Gasteiger partial charge in [0.05, 0.1) is 6.04 Å². The van der Waals surface area contributed by atoms with Gasteiger partial charge >= 0.3 is 0 Å². The molecule has 1 amide bonds. The maximum absolute atomic E-state index is 12.3. The summed E-state index contributed by atoms with van der Waals surface area (Å²) in [6, 6.07) is 17.6. The van der Waals surface area contributed by atoms with E-state index in [0.29, 0.717) is 5.56 Å². The molecule has 0 aliphatic carbocycles. The summed E-state index contributed by atoms with van der Waals surface area (Å²) in [6.07, 6.45) is 0. The summed E-state index contributed by atoms with van der Waals surface area (Å²) in [6.45, 7) is 1.99. The molecule has 20 heavy (non-hydrogen) atoms. The molecule has 0 saturated carbocycles. The lowest BCUT2D eigenvalue weighted by Gasteiger charge is -2.16. The first kappa shape index (κ1) is 14.1. The molecule has 3 heteroatoms. The first-order valence-electron chi connectivity index (χ1n) is 6.71. The van der Waals surface area contributed by atoms with E-state index >= 15 is 0 Å². The molecule has 0 spiro atoms. The summed E-state index contributed by atoms with van der Waals surface area (Å²) in [7, 11) is 3.92. The van der Waals surface area contributed by atoms with Crippen LogP contribution in [0.4, 0.5) is 5.69 Å². The summed E-state index contributed by atoms with van der Waals surface area (Å²) in [5.74, 6) is -0.0509. The highest BCUT2D eigenvalue weighted by molar-refractivity contribution is 5.95. The van der Waals surface area contributed by atoms with Crippen LogP contribution in [0.15, 0.2) is 54.6 Å². The fourth-order valence-corrected chi connectivity index (χ4v) is 2.03. The normalized spacial score (nSPS) is 11.8. The number of anilines is 1. The molecule has 0 heterocycles. The molecule has 2 aromatic carbocycles. The molecular weight excluding hydrogens is 248 g/mol. The van der Waals surface area contributed by atoms with Crippen LogP contribution >= 0.6 is 0 Å². The van der Waals surface area contributed by atoms with Gasteiger partial charge in [-0.15, -0.1) is 0 Å². The fourth-order valence-electron chi connectivity index (χ4n) is 2.03. The Kier molecular flexibility index (Phi) is 4.41. The molecule has 1 N–H and O–H groups in total. The van der Waals surface area contributed by atoms with Gasteiger partial charge in [-0.2, -0.15) is 0 Å². The van der Waals surface area contributed by atoms with Crippen molar-refractivity contribution in [2.24, 2.45) is 0 Å². The Morgan fingerprint density at radius 3 is 2.40 bits per heavy atom. The Morgan fingerprint density at radius 1 is 1.05 bits per heavy atom. The number of nitrogens with one attached hydrogen (secondary N) is 1. The average Bonchev–Trinajstić information content (AvgIpc) is 2.48. The van der Waals surface area contributed by atoms with Crippen LogP contribution < -0.4 is 10.2 Å². The van der Waals surface area contributed by atoms with Crippen molar-refractivity contribution in [1.29, 1.82) is 0 Å². The van der Waals surface area contributed by atoms with E-state index in [0.717, 1.165) is 11.3 Å². The standard InChI is InChI=1S/C17H20N2O/c1-13(14-8-5-4-6-9-14)18-17(20)15-10-7-11-16(12-15)19(2)3/h4-13H,1-3H3,(H,18,20). The first-order valence-corrected chi connectivity index (χ1v) is 6.71. The quantitative estimate of drug-likeness (QED) is 0.923. The van der Waals surface area contributed by atoms with Crippen molar-refractivity contribution in [3.63, 3.8) is 0 Å². The second-order valence-corrected chi connectivity index (χ2v) is 5.05. The second kappa shape index (κ2) is 6.24. The number of rotatable bonds is 4. The zero-order valence-electron chi connectivity index (χ0n) is 12.1. The van der Waals surface area contributed by atoms with Gasteiger partial charge in [-0.3, -0.25) is 4.79 Å². The SMILES string of the molecule is CC(NC(=O)c1cccc(N(C)C)c1)c1ccccc1. The van der Waals surface area contributed by atoms with E-state index in [1.165, 1.54) is 0 Å². The molecule has 104 valence electrons. The van der Waals surface area contributed by atoms with Gasteiger partial charge in [-0.1, -0.05) is 36.4 Å². The van der Waals surface area contributed by atoms with E-state index in [9.17, 15) is 4.79 Å². The molecule has 0 radical (unpaired) electrons. The molecule has 0 aliphatic rings. The van der Waals surface area contributed by atoms with E-state index < -0.39 is 0 Å². The number of nitrogens with zero attached hydrogens (tertiary/aromatic N) is 1. The molecule has 0 bridgehead atoms. The lowest BCUT2D eigenvalue weighted by molar-refractivity contribution is 0.0940. The smallest absolute Gasteiger partial charge is 0.251 e. The minimum Gasteiger partial charge on any atom is -0.378 e. The van der Waals surface area contributed by atoms with Gasteiger partial charge in [0.15, 0.2) is 0 Å². The van der Waals surface area contributed by atoms with Crippen molar-refractivity contribution < 1.29 is 4.79 Å². The molecule has 2 rings (SSSR count). The van der Waals surface area contributed by atoms with Gasteiger partial charge in [-0.05, 0) is 30.7 Å². The second-order valence-electron chi connectivity index (χ2n) is 5.05. The predicted molar refractivity (Wildman–Crippen MR) is 83.1 cm³/mol. The van der Waals surface area contributed by atoms with Crippen LogP contribution in [0, 0.1) is 0 Å². The average molecular weight is 268 g/mol. The Balaban J connectivity index is 2.10. The third kappa shape index (κ3) is 3.38. The zero-order valence-corrected chi connectivity index (χ0v) is 12.1. The van der Waals surface area contributed by atoms with Crippen LogP contribution in [0.5, 0.6) is 0 Å². The molecule has 3 nitrogen and oxygen atoms in total. The van der Waals surface area contributed by atoms with Crippen molar-refractivity contribution in [1.82, 2.24) is 5.32 Å². The lowest BCUT2D eigenvalue weighted by Crippen LogP contribution is -2.26. The zero-order chi connectivity index (χ0) is 14.5. The van der Waals surface area contributed by atoms with Gasteiger partial charge in [0.2, 0.25) is 0 Å². The highest BCUT2D eigenvalue weighted by Crippen LogP contribution is 2.16. The Morgan fingerprint density at radius 2 is 1.75 bits per heavy atom. The third-order valence-corrected chi connectivity index (χ3v) is 3.27. The first-order chi connectivity index (χ1) is 9.58.